The number of allylic oxidation sites excluding steroid dienone is 3. The van der Waals surface area contributed by atoms with Gasteiger partial charge >= 0.3 is 0 Å². The van der Waals surface area contributed by atoms with Crippen LogP contribution in [-0.2, 0) is 4.79 Å². The molecule has 0 spiro atoms. The molecule has 1 atom stereocenters. The highest BCUT2D eigenvalue weighted by atomic mass is 35.5. The van der Waals surface area contributed by atoms with Crippen LogP contribution in [0, 0.1) is 0 Å². The van der Waals surface area contributed by atoms with Crippen molar-refractivity contribution < 1.29 is 24.2 Å². The average molecular weight is 581 g/mol. The molecule has 208 valence electrons. The van der Waals surface area contributed by atoms with Crippen LogP contribution in [-0.4, -0.2) is 90.0 Å². The number of nitrogens with zero attached hydrogens (tertiary/aromatic N) is 3. The lowest BCUT2D eigenvalue weighted by molar-refractivity contribution is -0.112. The number of aliphatic hydroxyl groups is 1. The van der Waals surface area contributed by atoms with E-state index in [1.165, 1.54) is 6.08 Å². The first kappa shape index (κ1) is 28.0. The Morgan fingerprint density at radius 3 is 2.58 bits per heavy atom. The smallest absolute Gasteiger partial charge is 0.263 e. The first-order valence-corrected chi connectivity index (χ1v) is 13.7. The number of piperazine rings is 1. The van der Waals surface area contributed by atoms with Crippen molar-refractivity contribution in [3.63, 3.8) is 0 Å². The molecule has 1 fully saturated rings. The van der Waals surface area contributed by atoms with E-state index in [9.17, 15) is 19.5 Å². The van der Waals surface area contributed by atoms with E-state index in [0.717, 1.165) is 29.4 Å². The molecular formula is C29H29ClN4O5S. The second kappa shape index (κ2) is 11.9. The summed E-state index contributed by atoms with van der Waals surface area (Å²) in [7, 11) is 1.65. The highest BCUT2D eigenvalue weighted by Crippen LogP contribution is 2.31. The van der Waals surface area contributed by atoms with E-state index < -0.39 is 23.8 Å². The van der Waals surface area contributed by atoms with E-state index in [-0.39, 0.29) is 28.9 Å². The molecule has 11 heteroatoms. The fourth-order valence-electron chi connectivity index (χ4n) is 5.19. The van der Waals surface area contributed by atoms with Gasteiger partial charge in [0.1, 0.15) is 5.75 Å². The van der Waals surface area contributed by atoms with Crippen molar-refractivity contribution in [2.45, 2.75) is 12.5 Å². The van der Waals surface area contributed by atoms with Crippen LogP contribution in [0.1, 0.15) is 27.1 Å². The number of para-hydroxylation sites is 2. The van der Waals surface area contributed by atoms with E-state index >= 15 is 0 Å². The number of ether oxygens (including phenoxy) is 1. The van der Waals surface area contributed by atoms with Gasteiger partial charge in [0.25, 0.3) is 17.7 Å². The minimum atomic E-state index is -0.934. The molecule has 3 amide bonds. The molecule has 2 aliphatic heterocycles. The lowest BCUT2D eigenvalue weighted by Crippen LogP contribution is -2.50. The molecule has 0 saturated carbocycles. The van der Waals surface area contributed by atoms with Crippen LogP contribution >= 0.6 is 23.8 Å². The van der Waals surface area contributed by atoms with Crippen molar-refractivity contribution in [1.82, 2.24) is 9.80 Å². The number of β-amino-alcohol motifs (C(OH)–C–C–N with tert-alkyl or cyclic N) is 1. The number of hydrogen-bond donors (Lipinski definition) is 2. The van der Waals surface area contributed by atoms with Crippen LogP contribution in [0.15, 0.2) is 65.2 Å². The van der Waals surface area contributed by atoms with Gasteiger partial charge in [0.15, 0.2) is 0 Å². The number of aliphatic hydroxyl groups excluding tert-OH is 1. The zero-order valence-electron chi connectivity index (χ0n) is 21.9. The highest BCUT2D eigenvalue weighted by Gasteiger charge is 2.39. The Kier molecular flexibility index (Phi) is 8.32. The fourth-order valence-corrected chi connectivity index (χ4v) is 5.61. The third kappa shape index (κ3) is 5.66. The molecular weight excluding hydrogens is 552 g/mol. The summed E-state index contributed by atoms with van der Waals surface area (Å²) in [5, 5.41) is 14.0. The summed E-state index contributed by atoms with van der Waals surface area (Å²) in [4.78, 5) is 45.2. The van der Waals surface area contributed by atoms with Crippen LogP contribution < -0.4 is 15.0 Å². The number of benzene rings is 2. The molecule has 3 aliphatic rings. The van der Waals surface area contributed by atoms with E-state index in [1.807, 2.05) is 24.3 Å². The highest BCUT2D eigenvalue weighted by molar-refractivity contribution is 7.81. The van der Waals surface area contributed by atoms with Crippen molar-refractivity contribution in [3.05, 3.63) is 76.3 Å². The summed E-state index contributed by atoms with van der Waals surface area (Å²) in [5.74, 6) is -0.754. The predicted octanol–water partition coefficient (Wildman–Crippen LogP) is 3.24. The van der Waals surface area contributed by atoms with Crippen LogP contribution in [0.2, 0.25) is 0 Å². The molecule has 9 nitrogen and oxygen atoms in total. The van der Waals surface area contributed by atoms with Gasteiger partial charge in [-0.1, -0.05) is 48.1 Å². The molecule has 1 saturated heterocycles. The number of carbonyl (C=O) groups excluding carboxylic acids is 3. The lowest BCUT2D eigenvalue weighted by Gasteiger charge is -2.37. The molecule has 40 heavy (non-hydrogen) atoms. The van der Waals surface area contributed by atoms with E-state index in [0.29, 0.717) is 36.0 Å². The van der Waals surface area contributed by atoms with Crippen molar-refractivity contribution in [3.8, 4) is 5.75 Å². The number of imide groups is 1. The Morgan fingerprint density at radius 2 is 1.82 bits per heavy atom. The summed E-state index contributed by atoms with van der Waals surface area (Å²) in [5.41, 5.74) is 1.76. The van der Waals surface area contributed by atoms with E-state index in [2.05, 4.69) is 15.1 Å². The van der Waals surface area contributed by atoms with E-state index in [4.69, 9.17) is 28.6 Å². The van der Waals surface area contributed by atoms with Crippen LogP contribution in [0.3, 0.4) is 0 Å². The molecule has 2 aromatic carbocycles. The fraction of sp³-hybridized carbons (Fsp3) is 0.310. The molecule has 1 aliphatic carbocycles. The van der Waals surface area contributed by atoms with Gasteiger partial charge in [-0.15, -0.1) is 0 Å². The first-order valence-electron chi connectivity index (χ1n) is 13.0. The number of hydrogen-bond acceptors (Lipinski definition) is 8. The number of amides is 3. The minimum absolute atomic E-state index is 0.0995. The van der Waals surface area contributed by atoms with Gasteiger partial charge in [0.2, 0.25) is 0 Å². The van der Waals surface area contributed by atoms with Crippen LogP contribution in [0.25, 0.3) is 0 Å². The SMILES string of the molecule is COc1ccccc1N1CCN(CC(O)CN2C(=O)c3cccc(NC(=O)C4=CC(Cl)=CCC4=S)c3C2=O)CC1. The standard InChI is InChI=1S/C29H29ClN4O5S/c1-39-24-8-3-2-7-23(24)33-13-11-32(12-14-33)16-19(35)17-34-28(37)20-5-4-6-22(26(20)29(34)38)31-27(36)21-15-18(30)9-10-25(21)40/h2-9,15,19,35H,10-14,16-17H2,1H3,(H,31,36). The normalized spacial score (nSPS) is 18.3. The molecule has 0 radical (unpaired) electrons. The Balaban J connectivity index is 1.21. The van der Waals surface area contributed by atoms with Crippen molar-refractivity contribution in [2.24, 2.45) is 0 Å². The van der Waals surface area contributed by atoms with Crippen LogP contribution in [0.5, 0.6) is 5.75 Å². The van der Waals surface area contributed by atoms with Gasteiger partial charge in [-0.3, -0.25) is 24.2 Å². The molecule has 5 rings (SSSR count). The first-order chi connectivity index (χ1) is 19.3. The quantitative estimate of drug-likeness (QED) is 0.362. The maximum absolute atomic E-state index is 13.3. The largest absolute Gasteiger partial charge is 0.495 e. The Hall–Kier alpha value is -3.57. The maximum atomic E-state index is 13.3. The molecule has 1 unspecified atom stereocenters. The van der Waals surface area contributed by atoms with Gasteiger partial charge in [0.05, 0.1) is 47.8 Å². The Labute approximate surface area is 242 Å². The monoisotopic (exact) mass is 580 g/mol. The maximum Gasteiger partial charge on any atom is 0.263 e. The summed E-state index contributed by atoms with van der Waals surface area (Å²) in [6.45, 7) is 3.10. The van der Waals surface area contributed by atoms with Crippen molar-refractivity contribution >= 4 is 57.8 Å². The number of nitrogens with one attached hydrogen (secondary N) is 1. The second-order valence-corrected chi connectivity index (χ2v) is 10.7. The van der Waals surface area contributed by atoms with Gasteiger partial charge in [-0.25, -0.2) is 0 Å². The molecule has 2 heterocycles. The number of carbonyl (C=O) groups is 3. The Morgan fingerprint density at radius 1 is 1.07 bits per heavy atom. The summed E-state index contributed by atoms with van der Waals surface area (Å²) in [6.07, 6.45) is 2.64. The Bertz CT molecular complexity index is 1430. The topological polar surface area (TPSA) is 102 Å². The van der Waals surface area contributed by atoms with E-state index in [1.54, 1.807) is 31.4 Å². The van der Waals surface area contributed by atoms with Crippen molar-refractivity contribution in [2.75, 3.05) is 56.6 Å². The van der Waals surface area contributed by atoms with Gasteiger partial charge in [-0.2, -0.15) is 0 Å². The second-order valence-electron chi connectivity index (χ2n) is 9.79. The van der Waals surface area contributed by atoms with Gasteiger partial charge < -0.3 is 20.1 Å². The third-order valence-corrected chi connectivity index (χ3v) is 7.87. The van der Waals surface area contributed by atoms with Gasteiger partial charge in [-0.05, 0) is 30.3 Å². The molecule has 0 bridgehead atoms. The molecule has 2 N–H and O–H groups in total. The molecule has 2 aromatic rings. The van der Waals surface area contributed by atoms with Crippen molar-refractivity contribution in [1.29, 1.82) is 0 Å². The number of thiocarbonyl (C=S) groups is 1. The summed E-state index contributed by atoms with van der Waals surface area (Å²) < 4.78 is 5.48. The number of fused-ring (bicyclic) bond motifs is 1. The molecule has 0 aromatic heterocycles. The predicted molar refractivity (Wildman–Crippen MR) is 157 cm³/mol. The zero-order chi connectivity index (χ0) is 28.4. The number of rotatable bonds is 8. The summed E-state index contributed by atoms with van der Waals surface area (Å²) >= 11 is 11.3. The lowest BCUT2D eigenvalue weighted by atomic mass is 10.0. The number of methoxy groups -OCH3 is 1. The average Bonchev–Trinajstić information content (AvgIpc) is 3.20. The van der Waals surface area contributed by atoms with Gasteiger partial charge in [0, 0.05) is 49.0 Å². The van der Waals surface area contributed by atoms with Crippen LogP contribution in [0.4, 0.5) is 11.4 Å². The number of halogens is 1. The number of anilines is 2. The summed E-state index contributed by atoms with van der Waals surface area (Å²) in [6, 6.07) is 12.6. The third-order valence-electron chi connectivity index (χ3n) is 7.22. The zero-order valence-corrected chi connectivity index (χ0v) is 23.5. The minimum Gasteiger partial charge on any atom is -0.495 e.